The molecule has 1 atom stereocenters. The van der Waals surface area contributed by atoms with Crippen molar-refractivity contribution < 1.29 is 27.5 Å². The molecule has 0 spiro atoms. The molecular formula is C21H25N3O6S. The fraction of sp³-hybridized carbons (Fsp3) is 0.333. The van der Waals surface area contributed by atoms with Gasteiger partial charge in [0, 0.05) is 25.7 Å². The first kappa shape index (κ1) is 22.6. The van der Waals surface area contributed by atoms with Crippen molar-refractivity contribution in [2.45, 2.75) is 30.8 Å². The number of rotatable bonds is 8. The third-order valence-corrected chi connectivity index (χ3v) is 6.71. The summed E-state index contributed by atoms with van der Waals surface area (Å²) in [6.45, 7) is 1.84. The summed E-state index contributed by atoms with van der Waals surface area (Å²) >= 11 is 0. The molecule has 0 aromatic heterocycles. The van der Waals surface area contributed by atoms with Gasteiger partial charge in [0.25, 0.3) is 5.91 Å². The van der Waals surface area contributed by atoms with Gasteiger partial charge in [-0.3, -0.25) is 9.59 Å². The normalized spacial score (nSPS) is 15.6. The topological polar surface area (TPSA) is 114 Å². The zero-order valence-corrected chi connectivity index (χ0v) is 18.4. The number of hydrogen-bond donors (Lipinski definition) is 2. The van der Waals surface area contributed by atoms with Gasteiger partial charge in [0.15, 0.2) is 6.10 Å². The van der Waals surface area contributed by atoms with Crippen molar-refractivity contribution in [2.24, 2.45) is 0 Å². The maximum atomic E-state index is 12.6. The lowest BCUT2D eigenvalue weighted by molar-refractivity contribution is -0.122. The van der Waals surface area contributed by atoms with Crippen molar-refractivity contribution in [3.63, 3.8) is 0 Å². The minimum atomic E-state index is -3.65. The molecule has 31 heavy (non-hydrogen) atoms. The fourth-order valence-electron chi connectivity index (χ4n) is 3.02. The molecule has 0 saturated carbocycles. The molecule has 3 rings (SSSR count). The predicted octanol–water partition coefficient (Wildman–Crippen LogP) is 2.45. The van der Waals surface area contributed by atoms with E-state index in [1.165, 1.54) is 30.6 Å². The van der Waals surface area contributed by atoms with Gasteiger partial charge in [0.1, 0.15) is 11.5 Å². The van der Waals surface area contributed by atoms with E-state index in [1.54, 1.807) is 37.3 Å². The van der Waals surface area contributed by atoms with Gasteiger partial charge in [-0.2, -0.15) is 0 Å². The molecule has 1 unspecified atom stereocenters. The fourth-order valence-corrected chi connectivity index (χ4v) is 4.23. The summed E-state index contributed by atoms with van der Waals surface area (Å²) in [6, 6.07) is 11.1. The van der Waals surface area contributed by atoms with Crippen LogP contribution in [0.1, 0.15) is 19.8 Å². The maximum absolute atomic E-state index is 12.6. The van der Waals surface area contributed by atoms with Crippen molar-refractivity contribution in [1.82, 2.24) is 4.31 Å². The quantitative estimate of drug-likeness (QED) is 0.643. The first-order chi connectivity index (χ1) is 14.7. The Hall–Kier alpha value is -3.11. The molecule has 1 heterocycles. The van der Waals surface area contributed by atoms with Crippen molar-refractivity contribution in [3.8, 4) is 11.5 Å². The first-order valence-corrected chi connectivity index (χ1v) is 11.2. The van der Waals surface area contributed by atoms with Crippen molar-refractivity contribution in [1.29, 1.82) is 0 Å². The van der Waals surface area contributed by atoms with Crippen LogP contribution in [-0.2, 0) is 19.6 Å². The smallest absolute Gasteiger partial charge is 0.265 e. The van der Waals surface area contributed by atoms with E-state index < -0.39 is 16.1 Å². The highest BCUT2D eigenvalue weighted by Crippen LogP contribution is 2.32. The first-order valence-electron chi connectivity index (χ1n) is 9.72. The van der Waals surface area contributed by atoms with Gasteiger partial charge in [-0.05, 0) is 55.8 Å². The molecule has 2 amide bonds. The summed E-state index contributed by atoms with van der Waals surface area (Å²) in [5.41, 5.74) is 1.01. The molecule has 0 saturated heterocycles. The van der Waals surface area contributed by atoms with E-state index in [1.807, 2.05) is 0 Å². The van der Waals surface area contributed by atoms with Crippen LogP contribution >= 0.6 is 0 Å². The lowest BCUT2D eigenvalue weighted by Gasteiger charge is -2.23. The molecule has 1 aliphatic heterocycles. The minimum Gasteiger partial charge on any atom is -0.497 e. The third-order valence-electron chi connectivity index (χ3n) is 4.84. The van der Waals surface area contributed by atoms with E-state index in [0.29, 0.717) is 29.3 Å². The van der Waals surface area contributed by atoms with Crippen LogP contribution in [0.25, 0.3) is 0 Å². The monoisotopic (exact) mass is 447 g/mol. The Morgan fingerprint density at radius 2 is 1.94 bits per heavy atom. The van der Waals surface area contributed by atoms with E-state index in [0.717, 1.165) is 0 Å². The van der Waals surface area contributed by atoms with Crippen LogP contribution in [0.15, 0.2) is 47.4 Å². The molecule has 9 nitrogen and oxygen atoms in total. The van der Waals surface area contributed by atoms with Crippen LogP contribution in [0.5, 0.6) is 11.5 Å². The number of carbonyl (C=O) groups excluding carboxylic acids is 2. The highest BCUT2D eigenvalue weighted by atomic mass is 32.2. The molecule has 10 heteroatoms. The second-order valence-electron chi connectivity index (χ2n) is 7.11. The van der Waals surface area contributed by atoms with E-state index in [4.69, 9.17) is 9.47 Å². The van der Waals surface area contributed by atoms with Crippen LogP contribution in [0.4, 0.5) is 11.4 Å². The van der Waals surface area contributed by atoms with Crippen molar-refractivity contribution in [3.05, 3.63) is 42.5 Å². The van der Waals surface area contributed by atoms with Crippen LogP contribution in [0, 0.1) is 0 Å². The number of nitrogens with zero attached hydrogens (tertiary/aromatic N) is 1. The molecule has 0 radical (unpaired) electrons. The predicted molar refractivity (Wildman–Crippen MR) is 116 cm³/mol. The average molecular weight is 448 g/mol. The van der Waals surface area contributed by atoms with Crippen LogP contribution in [-0.4, -0.2) is 51.3 Å². The number of ether oxygens (including phenoxy) is 2. The Morgan fingerprint density at radius 3 is 2.61 bits per heavy atom. The van der Waals surface area contributed by atoms with Crippen LogP contribution in [0.3, 0.4) is 0 Å². The molecule has 2 N–H and O–H groups in total. The van der Waals surface area contributed by atoms with E-state index in [-0.39, 0.29) is 29.7 Å². The Morgan fingerprint density at radius 1 is 1.23 bits per heavy atom. The van der Waals surface area contributed by atoms with Crippen LogP contribution in [0.2, 0.25) is 0 Å². The van der Waals surface area contributed by atoms with Gasteiger partial charge in [0.05, 0.1) is 17.7 Å². The Balaban J connectivity index is 1.52. The standard InChI is InChI=1S/C21H25N3O6S/c1-14-21(26)23-18-13-15(6-11-19(18)30-14)22-20(25)5-4-12-24(2)31(27,28)17-9-7-16(29-3)8-10-17/h6-11,13-14H,4-5,12H2,1-3H3,(H,22,25)(H,23,26). The number of methoxy groups -OCH3 is 1. The third kappa shape index (κ3) is 5.33. The van der Waals surface area contributed by atoms with Gasteiger partial charge in [-0.25, -0.2) is 12.7 Å². The maximum Gasteiger partial charge on any atom is 0.265 e. The molecule has 1 aliphatic rings. The molecule has 2 aromatic carbocycles. The van der Waals surface area contributed by atoms with Gasteiger partial charge in [0.2, 0.25) is 15.9 Å². The van der Waals surface area contributed by atoms with Crippen molar-refractivity contribution >= 4 is 33.2 Å². The number of benzene rings is 2. The lowest BCUT2D eigenvalue weighted by Crippen LogP contribution is -2.34. The average Bonchev–Trinajstić information content (AvgIpc) is 2.74. The van der Waals surface area contributed by atoms with E-state index in [2.05, 4.69) is 10.6 Å². The van der Waals surface area contributed by atoms with E-state index >= 15 is 0 Å². The summed E-state index contributed by atoms with van der Waals surface area (Å²) in [7, 11) is -0.663. The number of carbonyl (C=O) groups is 2. The summed E-state index contributed by atoms with van der Waals surface area (Å²) in [5.74, 6) is 0.597. The van der Waals surface area contributed by atoms with Crippen LogP contribution < -0.4 is 20.1 Å². The molecule has 0 bridgehead atoms. The Kier molecular flexibility index (Phi) is 6.81. The summed E-state index contributed by atoms with van der Waals surface area (Å²) < 4.78 is 37.0. The number of amides is 2. The molecule has 0 aliphatic carbocycles. The molecular weight excluding hydrogens is 422 g/mol. The summed E-state index contributed by atoms with van der Waals surface area (Å²) in [5, 5.41) is 5.47. The van der Waals surface area contributed by atoms with Gasteiger partial charge in [-0.15, -0.1) is 0 Å². The zero-order chi connectivity index (χ0) is 22.6. The van der Waals surface area contributed by atoms with Gasteiger partial charge < -0.3 is 20.1 Å². The zero-order valence-electron chi connectivity index (χ0n) is 17.5. The number of nitrogens with one attached hydrogen (secondary N) is 2. The lowest BCUT2D eigenvalue weighted by atomic mass is 10.2. The van der Waals surface area contributed by atoms with E-state index in [9.17, 15) is 18.0 Å². The number of fused-ring (bicyclic) bond motifs is 1. The molecule has 2 aromatic rings. The second kappa shape index (κ2) is 9.36. The Bertz CT molecular complexity index is 1070. The van der Waals surface area contributed by atoms with Gasteiger partial charge in [-0.1, -0.05) is 0 Å². The summed E-state index contributed by atoms with van der Waals surface area (Å²) in [4.78, 5) is 24.1. The summed E-state index contributed by atoms with van der Waals surface area (Å²) in [6.07, 6.45) is -0.0847. The largest absolute Gasteiger partial charge is 0.497 e. The number of anilines is 2. The number of sulfonamides is 1. The van der Waals surface area contributed by atoms with Gasteiger partial charge >= 0.3 is 0 Å². The molecule has 0 fully saturated rings. The second-order valence-corrected chi connectivity index (χ2v) is 9.16. The highest BCUT2D eigenvalue weighted by molar-refractivity contribution is 7.89. The Labute approximate surface area is 181 Å². The van der Waals surface area contributed by atoms with Crippen molar-refractivity contribution in [2.75, 3.05) is 31.3 Å². The molecule has 166 valence electrons. The highest BCUT2D eigenvalue weighted by Gasteiger charge is 2.24. The number of hydrogen-bond acceptors (Lipinski definition) is 6. The SMILES string of the molecule is COc1ccc(S(=O)(=O)N(C)CCCC(=O)Nc2ccc3c(c2)NC(=O)C(C)O3)cc1. The minimum absolute atomic E-state index is 0.138.